The number of carbonyl (C=O) groups is 1. The molecular formula is C12H16ClN5O. The number of amides is 1. The van der Waals surface area contributed by atoms with Crippen LogP contribution in [0, 0.1) is 6.92 Å². The smallest absolute Gasteiger partial charge is 0.276 e. The molecule has 0 fully saturated rings. The van der Waals surface area contributed by atoms with Crippen LogP contribution in [0.3, 0.4) is 0 Å². The molecule has 2 aromatic heterocycles. The topological polar surface area (TPSA) is 56.0 Å². The van der Waals surface area contributed by atoms with Gasteiger partial charge in [0.05, 0.1) is 23.0 Å². The summed E-state index contributed by atoms with van der Waals surface area (Å²) < 4.78 is 3.34. The molecule has 0 aromatic carbocycles. The van der Waals surface area contributed by atoms with Crippen LogP contribution in [0.25, 0.3) is 0 Å². The molecule has 0 spiro atoms. The monoisotopic (exact) mass is 281 g/mol. The van der Waals surface area contributed by atoms with E-state index in [-0.39, 0.29) is 11.6 Å². The standard InChI is InChI=1S/C12H16ClN5O/c1-8-10(13)11(15-17(8)3)12(19)16(2)7-9-5-6-14-18(9)4/h5-6H,7H2,1-4H3. The number of hydrogen-bond donors (Lipinski definition) is 0. The van der Waals surface area contributed by atoms with Crippen molar-refractivity contribution in [3.05, 3.63) is 34.4 Å². The first-order valence-electron chi connectivity index (χ1n) is 5.83. The second kappa shape index (κ2) is 5.05. The molecule has 19 heavy (non-hydrogen) atoms. The molecule has 2 aromatic rings. The normalized spacial score (nSPS) is 10.8. The van der Waals surface area contributed by atoms with E-state index in [9.17, 15) is 4.79 Å². The van der Waals surface area contributed by atoms with Crippen molar-refractivity contribution >= 4 is 17.5 Å². The minimum atomic E-state index is -0.199. The van der Waals surface area contributed by atoms with Crippen LogP contribution in [-0.2, 0) is 20.6 Å². The lowest BCUT2D eigenvalue weighted by atomic mass is 10.3. The average Bonchev–Trinajstić information content (AvgIpc) is 2.88. The Morgan fingerprint density at radius 2 is 2.11 bits per heavy atom. The fraction of sp³-hybridized carbons (Fsp3) is 0.417. The highest BCUT2D eigenvalue weighted by Crippen LogP contribution is 2.20. The Kier molecular flexibility index (Phi) is 3.61. The third-order valence-electron chi connectivity index (χ3n) is 3.13. The zero-order valence-corrected chi connectivity index (χ0v) is 12.1. The maximum atomic E-state index is 12.3. The van der Waals surface area contributed by atoms with Gasteiger partial charge in [0.1, 0.15) is 0 Å². The van der Waals surface area contributed by atoms with Crippen LogP contribution in [-0.4, -0.2) is 37.4 Å². The van der Waals surface area contributed by atoms with Gasteiger partial charge in [-0.25, -0.2) is 0 Å². The molecule has 0 saturated carbocycles. The lowest BCUT2D eigenvalue weighted by Crippen LogP contribution is -2.28. The minimum absolute atomic E-state index is 0.199. The average molecular weight is 282 g/mol. The Morgan fingerprint density at radius 3 is 2.58 bits per heavy atom. The van der Waals surface area contributed by atoms with Crippen LogP contribution in [0.5, 0.6) is 0 Å². The van der Waals surface area contributed by atoms with Crippen LogP contribution in [0.15, 0.2) is 12.3 Å². The largest absolute Gasteiger partial charge is 0.334 e. The number of aryl methyl sites for hydroxylation is 2. The van der Waals surface area contributed by atoms with Crippen molar-refractivity contribution in [2.45, 2.75) is 13.5 Å². The van der Waals surface area contributed by atoms with Gasteiger partial charge in [0, 0.05) is 27.3 Å². The van der Waals surface area contributed by atoms with Crippen LogP contribution < -0.4 is 0 Å². The molecule has 0 saturated heterocycles. The van der Waals surface area contributed by atoms with E-state index in [4.69, 9.17) is 11.6 Å². The summed E-state index contributed by atoms with van der Waals surface area (Å²) in [6.45, 7) is 2.29. The molecule has 102 valence electrons. The van der Waals surface area contributed by atoms with Gasteiger partial charge in [-0.1, -0.05) is 11.6 Å². The van der Waals surface area contributed by atoms with Crippen molar-refractivity contribution in [1.29, 1.82) is 0 Å². The van der Waals surface area contributed by atoms with Crippen LogP contribution in [0.2, 0.25) is 5.02 Å². The first-order chi connectivity index (χ1) is 8.91. The van der Waals surface area contributed by atoms with Gasteiger partial charge in [0.25, 0.3) is 5.91 Å². The highest BCUT2D eigenvalue weighted by molar-refractivity contribution is 6.34. The van der Waals surface area contributed by atoms with Gasteiger partial charge in [-0.2, -0.15) is 10.2 Å². The van der Waals surface area contributed by atoms with Gasteiger partial charge in [-0.15, -0.1) is 0 Å². The number of aromatic nitrogens is 4. The Bertz CT molecular complexity index is 616. The van der Waals surface area contributed by atoms with E-state index in [1.54, 1.807) is 34.6 Å². The molecule has 0 aliphatic heterocycles. The summed E-state index contributed by atoms with van der Waals surface area (Å²) in [7, 11) is 5.32. The molecule has 0 aliphatic rings. The molecule has 0 radical (unpaired) electrons. The molecule has 7 heteroatoms. The van der Waals surface area contributed by atoms with Crippen molar-refractivity contribution in [2.75, 3.05) is 7.05 Å². The number of carbonyl (C=O) groups excluding carboxylic acids is 1. The summed E-state index contributed by atoms with van der Waals surface area (Å²) in [4.78, 5) is 13.9. The number of nitrogens with zero attached hydrogens (tertiary/aromatic N) is 5. The van der Waals surface area contributed by atoms with E-state index in [2.05, 4.69) is 10.2 Å². The molecule has 0 N–H and O–H groups in total. The highest BCUT2D eigenvalue weighted by Gasteiger charge is 2.21. The van der Waals surface area contributed by atoms with Gasteiger partial charge in [-0.3, -0.25) is 14.2 Å². The van der Waals surface area contributed by atoms with Crippen LogP contribution in [0.4, 0.5) is 0 Å². The number of rotatable bonds is 3. The van der Waals surface area contributed by atoms with E-state index < -0.39 is 0 Å². The Labute approximate surface area is 116 Å². The SMILES string of the molecule is Cc1c(Cl)c(C(=O)N(C)Cc2ccnn2C)nn1C. The number of hydrogen-bond acceptors (Lipinski definition) is 3. The first-order valence-corrected chi connectivity index (χ1v) is 6.21. The van der Waals surface area contributed by atoms with E-state index in [1.807, 2.05) is 20.0 Å². The van der Waals surface area contributed by atoms with Gasteiger partial charge in [-0.05, 0) is 13.0 Å². The van der Waals surface area contributed by atoms with Gasteiger partial charge >= 0.3 is 0 Å². The summed E-state index contributed by atoms with van der Waals surface area (Å²) in [6.07, 6.45) is 1.70. The summed E-state index contributed by atoms with van der Waals surface area (Å²) in [5.74, 6) is -0.199. The molecule has 0 atom stereocenters. The van der Waals surface area contributed by atoms with E-state index >= 15 is 0 Å². The van der Waals surface area contributed by atoms with Gasteiger partial charge < -0.3 is 4.90 Å². The van der Waals surface area contributed by atoms with Crippen LogP contribution >= 0.6 is 11.6 Å². The first kappa shape index (κ1) is 13.6. The molecule has 1 amide bonds. The summed E-state index contributed by atoms with van der Waals surface area (Å²) in [5, 5.41) is 8.63. The summed E-state index contributed by atoms with van der Waals surface area (Å²) in [6, 6.07) is 1.87. The second-order valence-corrected chi connectivity index (χ2v) is 4.86. The molecule has 0 aliphatic carbocycles. The quantitative estimate of drug-likeness (QED) is 0.854. The maximum Gasteiger partial charge on any atom is 0.276 e. The lowest BCUT2D eigenvalue weighted by Gasteiger charge is -2.16. The highest BCUT2D eigenvalue weighted by atomic mass is 35.5. The Hall–Kier alpha value is -1.82. The fourth-order valence-corrected chi connectivity index (χ4v) is 2.01. The van der Waals surface area contributed by atoms with E-state index in [0.29, 0.717) is 11.6 Å². The molecule has 0 bridgehead atoms. The van der Waals surface area contributed by atoms with Crippen LogP contribution in [0.1, 0.15) is 21.9 Å². The molecule has 2 rings (SSSR count). The second-order valence-electron chi connectivity index (χ2n) is 4.48. The van der Waals surface area contributed by atoms with Crippen molar-refractivity contribution in [1.82, 2.24) is 24.5 Å². The van der Waals surface area contributed by atoms with Crippen molar-refractivity contribution < 1.29 is 4.79 Å². The van der Waals surface area contributed by atoms with Crippen molar-refractivity contribution in [3.8, 4) is 0 Å². The van der Waals surface area contributed by atoms with Gasteiger partial charge in [0.15, 0.2) is 5.69 Å². The predicted octanol–water partition coefficient (Wildman–Crippen LogP) is 1.39. The lowest BCUT2D eigenvalue weighted by molar-refractivity contribution is 0.0775. The molecule has 6 nitrogen and oxygen atoms in total. The summed E-state index contributed by atoms with van der Waals surface area (Å²) >= 11 is 6.12. The Balaban J connectivity index is 2.19. The maximum absolute atomic E-state index is 12.3. The molecule has 0 unspecified atom stereocenters. The number of halogens is 1. The zero-order chi connectivity index (χ0) is 14.2. The third kappa shape index (κ3) is 2.49. The predicted molar refractivity (Wildman–Crippen MR) is 72.0 cm³/mol. The van der Waals surface area contributed by atoms with Crippen molar-refractivity contribution in [3.63, 3.8) is 0 Å². The summed E-state index contributed by atoms with van der Waals surface area (Å²) in [5.41, 5.74) is 2.00. The Morgan fingerprint density at radius 1 is 1.42 bits per heavy atom. The minimum Gasteiger partial charge on any atom is -0.334 e. The fourth-order valence-electron chi connectivity index (χ4n) is 1.77. The third-order valence-corrected chi connectivity index (χ3v) is 3.58. The van der Waals surface area contributed by atoms with E-state index in [1.165, 1.54) is 0 Å². The molecule has 2 heterocycles. The van der Waals surface area contributed by atoms with E-state index in [0.717, 1.165) is 11.4 Å². The zero-order valence-electron chi connectivity index (χ0n) is 11.4. The van der Waals surface area contributed by atoms with Gasteiger partial charge in [0.2, 0.25) is 0 Å². The molecular weight excluding hydrogens is 266 g/mol. The van der Waals surface area contributed by atoms with Crippen molar-refractivity contribution in [2.24, 2.45) is 14.1 Å².